The van der Waals surface area contributed by atoms with Gasteiger partial charge < -0.3 is 5.32 Å². The van der Waals surface area contributed by atoms with Gasteiger partial charge in [0.15, 0.2) is 10.1 Å². The minimum absolute atomic E-state index is 0.144. The summed E-state index contributed by atoms with van der Waals surface area (Å²) >= 11 is 7.59. The van der Waals surface area contributed by atoms with E-state index >= 15 is 0 Å². The van der Waals surface area contributed by atoms with Crippen molar-refractivity contribution in [2.45, 2.75) is 12.8 Å². The minimum Gasteiger partial charge on any atom is -0.352 e. The van der Waals surface area contributed by atoms with E-state index in [1.807, 2.05) is 34.2 Å². The second kappa shape index (κ2) is 6.98. The summed E-state index contributed by atoms with van der Waals surface area (Å²) in [7, 11) is 0. The fourth-order valence-corrected chi connectivity index (χ4v) is 3.30. The molecule has 0 radical (unpaired) electrons. The van der Waals surface area contributed by atoms with Crippen molar-refractivity contribution in [3.05, 3.63) is 64.4 Å². The predicted octanol–water partition coefficient (Wildman–Crippen LogP) is 3.98. The van der Waals surface area contributed by atoms with Crippen LogP contribution >= 0.6 is 22.9 Å². The molecular formula is C17H16ClN3OS. The van der Waals surface area contributed by atoms with E-state index in [1.54, 1.807) is 6.08 Å². The van der Waals surface area contributed by atoms with Crippen molar-refractivity contribution in [1.29, 1.82) is 0 Å². The van der Waals surface area contributed by atoms with Gasteiger partial charge in [-0.1, -0.05) is 48.9 Å². The third-order valence-corrected chi connectivity index (χ3v) is 4.63. The summed E-state index contributed by atoms with van der Waals surface area (Å²) in [6.45, 7) is 2.67. The van der Waals surface area contributed by atoms with Crippen molar-refractivity contribution >= 4 is 39.9 Å². The van der Waals surface area contributed by atoms with Crippen molar-refractivity contribution < 1.29 is 4.79 Å². The Labute approximate surface area is 143 Å². The Morgan fingerprint density at radius 3 is 3.00 bits per heavy atom. The number of nitrogens with zero attached hydrogens (tertiary/aromatic N) is 2. The maximum absolute atomic E-state index is 12.0. The van der Waals surface area contributed by atoms with Crippen molar-refractivity contribution in [2.24, 2.45) is 0 Å². The number of imidazole rings is 1. The first-order chi connectivity index (χ1) is 11.1. The summed E-state index contributed by atoms with van der Waals surface area (Å²) < 4.78 is 1.86. The lowest BCUT2D eigenvalue weighted by atomic mass is 10.0. The number of hydrogen-bond donors (Lipinski definition) is 1. The largest absolute Gasteiger partial charge is 0.352 e. The van der Waals surface area contributed by atoms with Gasteiger partial charge in [0.05, 0.1) is 5.69 Å². The standard InChI is InChI=1S/C17H16ClN3OS/c1-12(13-5-3-2-4-6-13)11-19-15(22)8-7-14-16(18)20-17-21(14)9-10-23-17/h2-10,12H,11H2,1H3,(H,19,22)/b8-7+. The van der Waals surface area contributed by atoms with Crippen LogP contribution in [0, 0.1) is 0 Å². The zero-order valence-electron chi connectivity index (χ0n) is 12.6. The summed E-state index contributed by atoms with van der Waals surface area (Å²) in [6, 6.07) is 10.1. The van der Waals surface area contributed by atoms with E-state index in [-0.39, 0.29) is 11.8 Å². The summed E-state index contributed by atoms with van der Waals surface area (Å²) in [5, 5.41) is 5.24. The number of carbonyl (C=O) groups excluding carboxylic acids is 1. The van der Waals surface area contributed by atoms with Crippen molar-refractivity contribution in [2.75, 3.05) is 6.54 Å². The molecule has 1 unspecified atom stereocenters. The highest BCUT2D eigenvalue weighted by molar-refractivity contribution is 7.15. The molecule has 6 heteroatoms. The van der Waals surface area contributed by atoms with Crippen LogP contribution in [0.15, 0.2) is 48.0 Å². The smallest absolute Gasteiger partial charge is 0.244 e. The molecule has 3 aromatic rings. The molecule has 0 aliphatic carbocycles. The zero-order chi connectivity index (χ0) is 16.2. The number of amides is 1. The normalized spacial score (nSPS) is 12.8. The Balaban J connectivity index is 1.61. The Bertz CT molecular complexity index is 838. The van der Waals surface area contributed by atoms with Crippen LogP contribution in [-0.2, 0) is 4.79 Å². The van der Waals surface area contributed by atoms with Gasteiger partial charge in [0, 0.05) is 24.2 Å². The number of thiazole rings is 1. The van der Waals surface area contributed by atoms with E-state index in [0.29, 0.717) is 17.4 Å². The molecule has 1 aromatic carbocycles. The first-order valence-electron chi connectivity index (χ1n) is 7.27. The predicted molar refractivity (Wildman–Crippen MR) is 95.0 cm³/mol. The molecule has 1 N–H and O–H groups in total. The number of carbonyl (C=O) groups is 1. The molecule has 23 heavy (non-hydrogen) atoms. The van der Waals surface area contributed by atoms with Crippen LogP contribution in [0.1, 0.15) is 24.1 Å². The highest BCUT2D eigenvalue weighted by Gasteiger charge is 2.09. The minimum atomic E-state index is -0.144. The zero-order valence-corrected chi connectivity index (χ0v) is 14.1. The van der Waals surface area contributed by atoms with Gasteiger partial charge >= 0.3 is 0 Å². The van der Waals surface area contributed by atoms with E-state index in [2.05, 4.69) is 29.4 Å². The van der Waals surface area contributed by atoms with Crippen molar-refractivity contribution in [1.82, 2.24) is 14.7 Å². The molecule has 0 spiro atoms. The second-order valence-electron chi connectivity index (χ2n) is 5.23. The fraction of sp³-hybridized carbons (Fsp3) is 0.176. The molecule has 0 bridgehead atoms. The topological polar surface area (TPSA) is 46.4 Å². The molecule has 2 aromatic heterocycles. The molecule has 0 fully saturated rings. The van der Waals surface area contributed by atoms with Gasteiger partial charge in [-0.2, -0.15) is 0 Å². The van der Waals surface area contributed by atoms with Gasteiger partial charge in [-0.05, 0) is 17.6 Å². The Kier molecular flexibility index (Phi) is 4.79. The van der Waals surface area contributed by atoms with Gasteiger partial charge in [-0.15, -0.1) is 11.3 Å². The van der Waals surface area contributed by atoms with Gasteiger partial charge in [0.1, 0.15) is 0 Å². The molecule has 0 aliphatic rings. The highest BCUT2D eigenvalue weighted by Crippen LogP contribution is 2.22. The fourth-order valence-electron chi connectivity index (χ4n) is 2.29. The van der Waals surface area contributed by atoms with E-state index in [4.69, 9.17) is 11.6 Å². The van der Waals surface area contributed by atoms with Gasteiger partial charge in [0.2, 0.25) is 5.91 Å². The van der Waals surface area contributed by atoms with E-state index in [9.17, 15) is 4.79 Å². The lowest BCUT2D eigenvalue weighted by molar-refractivity contribution is -0.116. The second-order valence-corrected chi connectivity index (χ2v) is 6.46. The van der Waals surface area contributed by atoms with Gasteiger partial charge in [-0.3, -0.25) is 9.20 Å². The van der Waals surface area contributed by atoms with E-state index in [1.165, 1.54) is 23.0 Å². The van der Waals surface area contributed by atoms with Crippen LogP contribution in [0.25, 0.3) is 11.0 Å². The first-order valence-corrected chi connectivity index (χ1v) is 8.53. The van der Waals surface area contributed by atoms with Crippen LogP contribution in [0.4, 0.5) is 0 Å². The molecule has 1 amide bonds. The Morgan fingerprint density at radius 2 is 2.22 bits per heavy atom. The van der Waals surface area contributed by atoms with Gasteiger partial charge in [0.25, 0.3) is 0 Å². The maximum atomic E-state index is 12.0. The average Bonchev–Trinajstić information content (AvgIpc) is 3.12. The molecular weight excluding hydrogens is 330 g/mol. The van der Waals surface area contributed by atoms with Crippen LogP contribution in [0.5, 0.6) is 0 Å². The monoisotopic (exact) mass is 345 g/mol. The number of fused-ring (bicyclic) bond motifs is 1. The lowest BCUT2D eigenvalue weighted by Crippen LogP contribution is -2.25. The highest BCUT2D eigenvalue weighted by atomic mass is 35.5. The number of nitrogens with one attached hydrogen (secondary N) is 1. The quantitative estimate of drug-likeness (QED) is 0.711. The number of halogens is 1. The molecule has 0 saturated carbocycles. The third kappa shape index (κ3) is 3.63. The van der Waals surface area contributed by atoms with Crippen LogP contribution in [-0.4, -0.2) is 21.8 Å². The molecule has 118 valence electrons. The molecule has 2 heterocycles. The van der Waals surface area contributed by atoms with Crippen molar-refractivity contribution in [3.8, 4) is 0 Å². The summed E-state index contributed by atoms with van der Waals surface area (Å²) in [6.07, 6.45) is 5.07. The Hall–Kier alpha value is -2.11. The average molecular weight is 346 g/mol. The molecule has 1 atom stereocenters. The lowest BCUT2D eigenvalue weighted by Gasteiger charge is -2.11. The molecule has 4 nitrogen and oxygen atoms in total. The van der Waals surface area contributed by atoms with E-state index < -0.39 is 0 Å². The number of aromatic nitrogens is 2. The SMILES string of the molecule is CC(CNC(=O)/C=C/c1c(Cl)nc2sccn12)c1ccccc1. The third-order valence-electron chi connectivity index (χ3n) is 3.60. The first kappa shape index (κ1) is 15.8. The number of benzene rings is 1. The molecule has 0 saturated heterocycles. The maximum Gasteiger partial charge on any atom is 0.244 e. The number of rotatable bonds is 5. The van der Waals surface area contributed by atoms with Crippen LogP contribution < -0.4 is 5.32 Å². The van der Waals surface area contributed by atoms with Crippen LogP contribution in [0.2, 0.25) is 5.15 Å². The summed E-state index contributed by atoms with van der Waals surface area (Å²) in [5.41, 5.74) is 1.92. The Morgan fingerprint density at radius 1 is 1.43 bits per heavy atom. The van der Waals surface area contributed by atoms with Gasteiger partial charge in [-0.25, -0.2) is 4.98 Å². The number of hydrogen-bond acceptors (Lipinski definition) is 3. The van der Waals surface area contributed by atoms with Crippen molar-refractivity contribution in [3.63, 3.8) is 0 Å². The molecule has 0 aliphatic heterocycles. The van der Waals surface area contributed by atoms with E-state index in [0.717, 1.165) is 4.96 Å². The molecule has 3 rings (SSSR count). The summed E-state index contributed by atoms with van der Waals surface area (Å²) in [5.74, 6) is 0.115. The summed E-state index contributed by atoms with van der Waals surface area (Å²) in [4.78, 5) is 17.0. The van der Waals surface area contributed by atoms with Crippen LogP contribution in [0.3, 0.4) is 0 Å².